The first-order valence-corrected chi connectivity index (χ1v) is 5.74. The number of hydrogen-bond donors (Lipinski definition) is 1. The van der Waals surface area contributed by atoms with Gasteiger partial charge in [0.15, 0.2) is 0 Å². The van der Waals surface area contributed by atoms with Crippen molar-refractivity contribution in [2.45, 2.75) is 24.9 Å². The predicted octanol–water partition coefficient (Wildman–Crippen LogP) is 2.33. The SMILES string of the molecule is COc1cccc(CC2(F)CCNCC2)c1. The first-order valence-electron chi connectivity index (χ1n) is 5.74. The lowest BCUT2D eigenvalue weighted by Crippen LogP contribution is -2.40. The molecule has 1 N–H and O–H groups in total. The number of alkyl halides is 1. The van der Waals surface area contributed by atoms with Crippen LogP contribution in [0, 0.1) is 0 Å². The summed E-state index contributed by atoms with van der Waals surface area (Å²) >= 11 is 0. The lowest BCUT2D eigenvalue weighted by Gasteiger charge is -2.30. The van der Waals surface area contributed by atoms with Crippen molar-refractivity contribution in [1.82, 2.24) is 5.32 Å². The molecule has 0 amide bonds. The van der Waals surface area contributed by atoms with Crippen LogP contribution in [0.3, 0.4) is 0 Å². The second-order valence-electron chi connectivity index (χ2n) is 4.43. The van der Waals surface area contributed by atoms with E-state index in [1.807, 2.05) is 24.3 Å². The van der Waals surface area contributed by atoms with Crippen molar-refractivity contribution in [2.75, 3.05) is 20.2 Å². The molecule has 3 heteroatoms. The van der Waals surface area contributed by atoms with Gasteiger partial charge in [-0.1, -0.05) is 12.1 Å². The Bertz CT molecular complexity index is 348. The van der Waals surface area contributed by atoms with Gasteiger partial charge in [0.25, 0.3) is 0 Å². The van der Waals surface area contributed by atoms with Gasteiger partial charge in [-0.15, -0.1) is 0 Å². The highest BCUT2D eigenvalue weighted by Crippen LogP contribution is 2.28. The van der Waals surface area contributed by atoms with E-state index in [1.54, 1.807) is 7.11 Å². The molecule has 0 aromatic heterocycles. The molecule has 1 aliphatic heterocycles. The molecule has 88 valence electrons. The van der Waals surface area contributed by atoms with Gasteiger partial charge < -0.3 is 10.1 Å². The van der Waals surface area contributed by atoms with E-state index < -0.39 is 5.67 Å². The van der Waals surface area contributed by atoms with Crippen LogP contribution in [-0.4, -0.2) is 25.9 Å². The number of halogens is 1. The number of benzene rings is 1. The maximum Gasteiger partial charge on any atom is 0.119 e. The number of rotatable bonds is 3. The minimum absolute atomic E-state index is 0.492. The molecule has 1 saturated heterocycles. The molecule has 0 radical (unpaired) electrons. The fourth-order valence-corrected chi connectivity index (χ4v) is 2.20. The molecular formula is C13H18FNO. The molecule has 2 nitrogen and oxygen atoms in total. The van der Waals surface area contributed by atoms with E-state index >= 15 is 0 Å². The summed E-state index contributed by atoms with van der Waals surface area (Å²) in [5.74, 6) is 0.801. The molecule has 1 aromatic rings. The first-order chi connectivity index (χ1) is 7.72. The third-order valence-electron chi connectivity index (χ3n) is 3.15. The van der Waals surface area contributed by atoms with Crippen LogP contribution in [0.4, 0.5) is 4.39 Å². The Hall–Kier alpha value is -1.09. The summed E-state index contributed by atoms with van der Waals surface area (Å²) in [4.78, 5) is 0. The molecule has 2 rings (SSSR count). The van der Waals surface area contributed by atoms with Gasteiger partial charge in [0.2, 0.25) is 0 Å². The van der Waals surface area contributed by atoms with Gasteiger partial charge in [0.05, 0.1) is 7.11 Å². The minimum Gasteiger partial charge on any atom is -0.497 e. The molecule has 1 fully saturated rings. The molecule has 16 heavy (non-hydrogen) atoms. The minimum atomic E-state index is -1.04. The van der Waals surface area contributed by atoms with E-state index in [0.717, 1.165) is 24.4 Å². The highest BCUT2D eigenvalue weighted by atomic mass is 19.1. The molecule has 1 heterocycles. The van der Waals surface area contributed by atoms with Gasteiger partial charge in [-0.3, -0.25) is 0 Å². The van der Waals surface area contributed by atoms with Gasteiger partial charge in [0.1, 0.15) is 11.4 Å². The van der Waals surface area contributed by atoms with Crippen LogP contribution in [0.15, 0.2) is 24.3 Å². The van der Waals surface area contributed by atoms with E-state index in [-0.39, 0.29) is 0 Å². The zero-order valence-corrected chi connectivity index (χ0v) is 9.63. The molecular weight excluding hydrogens is 205 g/mol. The van der Waals surface area contributed by atoms with Crippen LogP contribution in [-0.2, 0) is 6.42 Å². The summed E-state index contributed by atoms with van der Waals surface area (Å²) in [6, 6.07) is 7.69. The van der Waals surface area contributed by atoms with Crippen molar-refractivity contribution >= 4 is 0 Å². The fourth-order valence-electron chi connectivity index (χ4n) is 2.20. The molecule has 0 bridgehead atoms. The van der Waals surface area contributed by atoms with E-state index in [0.29, 0.717) is 19.3 Å². The summed E-state index contributed by atoms with van der Waals surface area (Å²) in [5.41, 5.74) is -0.0267. The Labute approximate surface area is 95.8 Å². The lowest BCUT2D eigenvalue weighted by molar-refractivity contribution is 0.116. The van der Waals surface area contributed by atoms with Gasteiger partial charge in [0, 0.05) is 6.42 Å². The van der Waals surface area contributed by atoms with Crippen molar-refractivity contribution < 1.29 is 9.13 Å². The normalized spacial score (nSPS) is 19.4. The van der Waals surface area contributed by atoms with Crippen molar-refractivity contribution in [2.24, 2.45) is 0 Å². The lowest BCUT2D eigenvalue weighted by atomic mass is 9.88. The Kier molecular flexibility index (Phi) is 3.44. The van der Waals surface area contributed by atoms with Crippen LogP contribution in [0.5, 0.6) is 5.75 Å². The van der Waals surface area contributed by atoms with Gasteiger partial charge in [-0.2, -0.15) is 0 Å². The summed E-state index contributed by atoms with van der Waals surface area (Å²) in [6.45, 7) is 1.56. The van der Waals surface area contributed by atoms with Crippen LogP contribution < -0.4 is 10.1 Å². The smallest absolute Gasteiger partial charge is 0.119 e. The molecule has 0 saturated carbocycles. The van der Waals surface area contributed by atoms with Crippen LogP contribution in [0.1, 0.15) is 18.4 Å². The second kappa shape index (κ2) is 4.83. The van der Waals surface area contributed by atoms with Gasteiger partial charge in [-0.25, -0.2) is 4.39 Å². The maximum atomic E-state index is 14.4. The molecule has 0 unspecified atom stereocenters. The third-order valence-corrected chi connectivity index (χ3v) is 3.15. The highest BCUT2D eigenvalue weighted by molar-refractivity contribution is 5.29. The molecule has 0 spiro atoms. The topological polar surface area (TPSA) is 21.3 Å². The zero-order chi connectivity index (χ0) is 11.4. The molecule has 1 aromatic carbocycles. The molecule has 0 aliphatic carbocycles. The molecule has 1 aliphatic rings. The van der Waals surface area contributed by atoms with Crippen LogP contribution in [0.25, 0.3) is 0 Å². The van der Waals surface area contributed by atoms with E-state index in [9.17, 15) is 4.39 Å². The number of piperidine rings is 1. The van der Waals surface area contributed by atoms with Crippen LogP contribution >= 0.6 is 0 Å². The second-order valence-corrected chi connectivity index (χ2v) is 4.43. The summed E-state index contributed by atoms with van der Waals surface area (Å²) in [6.07, 6.45) is 1.69. The van der Waals surface area contributed by atoms with Crippen molar-refractivity contribution in [3.8, 4) is 5.75 Å². The Morgan fingerprint density at radius 2 is 2.12 bits per heavy atom. The Morgan fingerprint density at radius 3 is 2.81 bits per heavy atom. The standard InChI is InChI=1S/C13H18FNO/c1-16-12-4-2-3-11(9-12)10-13(14)5-7-15-8-6-13/h2-4,9,15H,5-8,10H2,1H3. The average molecular weight is 223 g/mol. The van der Waals surface area contributed by atoms with Crippen molar-refractivity contribution in [3.05, 3.63) is 29.8 Å². The van der Waals surface area contributed by atoms with Crippen molar-refractivity contribution in [1.29, 1.82) is 0 Å². The zero-order valence-electron chi connectivity index (χ0n) is 9.63. The highest BCUT2D eigenvalue weighted by Gasteiger charge is 2.31. The van der Waals surface area contributed by atoms with E-state index in [1.165, 1.54) is 0 Å². The fraction of sp³-hybridized carbons (Fsp3) is 0.538. The number of ether oxygens (including phenoxy) is 1. The van der Waals surface area contributed by atoms with Gasteiger partial charge >= 0.3 is 0 Å². The Morgan fingerprint density at radius 1 is 1.38 bits per heavy atom. The monoisotopic (exact) mass is 223 g/mol. The quantitative estimate of drug-likeness (QED) is 0.849. The summed E-state index contributed by atoms with van der Waals surface area (Å²) in [5, 5.41) is 3.18. The number of nitrogens with one attached hydrogen (secondary N) is 1. The third kappa shape index (κ3) is 2.73. The van der Waals surface area contributed by atoms with Crippen LogP contribution in [0.2, 0.25) is 0 Å². The largest absolute Gasteiger partial charge is 0.497 e. The average Bonchev–Trinajstić information content (AvgIpc) is 2.29. The first kappa shape index (κ1) is 11.4. The van der Waals surface area contributed by atoms with Gasteiger partial charge in [-0.05, 0) is 43.6 Å². The van der Waals surface area contributed by atoms with E-state index in [2.05, 4.69) is 5.32 Å². The Balaban J connectivity index is 2.07. The van der Waals surface area contributed by atoms with E-state index in [4.69, 9.17) is 4.74 Å². The predicted molar refractivity (Wildman–Crippen MR) is 62.6 cm³/mol. The molecule has 0 atom stereocenters. The number of hydrogen-bond acceptors (Lipinski definition) is 2. The summed E-state index contributed by atoms with van der Waals surface area (Å²) < 4.78 is 19.6. The van der Waals surface area contributed by atoms with Crippen molar-refractivity contribution in [3.63, 3.8) is 0 Å². The maximum absolute atomic E-state index is 14.4. The number of methoxy groups -OCH3 is 1. The summed E-state index contributed by atoms with van der Waals surface area (Å²) in [7, 11) is 1.63.